The lowest BCUT2D eigenvalue weighted by molar-refractivity contribution is -0.142. The van der Waals surface area contributed by atoms with Gasteiger partial charge in [-0.05, 0) is 32.3 Å². The topological polar surface area (TPSA) is 84.2 Å². The number of aliphatic carboxylic acids is 1. The molecule has 6 heteroatoms. The molecule has 0 saturated carbocycles. The van der Waals surface area contributed by atoms with Crippen molar-refractivity contribution >= 4 is 11.9 Å². The molecule has 0 aliphatic rings. The van der Waals surface area contributed by atoms with Crippen LogP contribution in [0.3, 0.4) is 0 Å². The van der Waals surface area contributed by atoms with Gasteiger partial charge in [0.15, 0.2) is 0 Å². The van der Waals surface area contributed by atoms with Gasteiger partial charge >= 0.3 is 5.97 Å². The standard InChI is InChI=1S/C13H21N3O3/c1-8(2)5-11(13(18)19)14-12(17)7-16-10(4)6-9(3)15-16/h6,8,11H,5,7H2,1-4H3,(H,14,17)(H,18,19)/t11-/m1/s1. The number of carbonyl (C=O) groups is 2. The number of rotatable bonds is 6. The number of amides is 1. The van der Waals surface area contributed by atoms with Crippen LogP contribution in [0.4, 0.5) is 0 Å². The fourth-order valence-electron chi connectivity index (χ4n) is 1.90. The zero-order chi connectivity index (χ0) is 14.6. The van der Waals surface area contributed by atoms with Gasteiger partial charge in [-0.3, -0.25) is 9.48 Å². The molecular weight excluding hydrogens is 246 g/mol. The lowest BCUT2D eigenvalue weighted by Crippen LogP contribution is -2.43. The minimum atomic E-state index is -1.00. The van der Waals surface area contributed by atoms with Crippen LogP contribution >= 0.6 is 0 Å². The molecule has 6 nitrogen and oxygen atoms in total. The molecule has 19 heavy (non-hydrogen) atoms. The average Bonchev–Trinajstić information content (AvgIpc) is 2.55. The Hall–Kier alpha value is -1.85. The molecule has 0 saturated heterocycles. The number of carboxylic acids is 1. The third-order valence-corrected chi connectivity index (χ3v) is 2.74. The molecule has 2 N–H and O–H groups in total. The Morgan fingerprint density at radius 2 is 2.05 bits per heavy atom. The van der Waals surface area contributed by atoms with Crippen molar-refractivity contribution < 1.29 is 14.7 Å². The first-order valence-corrected chi connectivity index (χ1v) is 6.32. The second-order valence-corrected chi connectivity index (χ2v) is 5.17. The molecule has 0 spiro atoms. The predicted molar refractivity (Wildman–Crippen MR) is 70.7 cm³/mol. The number of aryl methyl sites for hydroxylation is 2. The highest BCUT2D eigenvalue weighted by molar-refractivity contribution is 5.83. The maximum atomic E-state index is 11.8. The Morgan fingerprint density at radius 3 is 2.47 bits per heavy atom. The Balaban J connectivity index is 2.62. The van der Waals surface area contributed by atoms with Crippen LogP contribution < -0.4 is 5.32 Å². The van der Waals surface area contributed by atoms with Gasteiger partial charge in [-0.1, -0.05) is 13.8 Å². The van der Waals surface area contributed by atoms with Crippen molar-refractivity contribution in [2.45, 2.75) is 46.7 Å². The van der Waals surface area contributed by atoms with Gasteiger partial charge in [0.2, 0.25) is 5.91 Å². The van der Waals surface area contributed by atoms with Crippen LogP contribution in [-0.2, 0) is 16.1 Å². The largest absolute Gasteiger partial charge is 0.480 e. The lowest BCUT2D eigenvalue weighted by atomic mass is 10.0. The van der Waals surface area contributed by atoms with E-state index in [1.165, 1.54) is 0 Å². The van der Waals surface area contributed by atoms with E-state index < -0.39 is 12.0 Å². The van der Waals surface area contributed by atoms with Crippen LogP contribution in [0, 0.1) is 19.8 Å². The molecule has 1 aromatic heterocycles. The fraction of sp³-hybridized carbons (Fsp3) is 0.615. The SMILES string of the molecule is Cc1cc(C)n(CC(=O)N[C@H](CC(C)C)C(=O)O)n1. The number of hydrogen-bond donors (Lipinski definition) is 2. The minimum Gasteiger partial charge on any atom is -0.480 e. The van der Waals surface area contributed by atoms with E-state index in [0.29, 0.717) is 6.42 Å². The van der Waals surface area contributed by atoms with E-state index in [2.05, 4.69) is 10.4 Å². The van der Waals surface area contributed by atoms with Crippen molar-refractivity contribution in [2.24, 2.45) is 5.92 Å². The first-order chi connectivity index (χ1) is 8.79. The number of carboxylic acid groups (broad SMARTS) is 1. The molecule has 0 aliphatic carbocycles. The van der Waals surface area contributed by atoms with Crippen molar-refractivity contribution in [1.29, 1.82) is 0 Å². The molecule has 1 aromatic rings. The number of nitrogens with one attached hydrogen (secondary N) is 1. The first-order valence-electron chi connectivity index (χ1n) is 6.32. The van der Waals surface area contributed by atoms with Gasteiger partial charge in [-0.25, -0.2) is 4.79 Å². The molecule has 0 bridgehead atoms. The van der Waals surface area contributed by atoms with Crippen molar-refractivity contribution in [3.63, 3.8) is 0 Å². The van der Waals surface area contributed by atoms with Gasteiger partial charge in [0.1, 0.15) is 12.6 Å². The quantitative estimate of drug-likeness (QED) is 0.808. The smallest absolute Gasteiger partial charge is 0.326 e. The summed E-state index contributed by atoms with van der Waals surface area (Å²) in [6, 6.07) is 1.03. The summed E-state index contributed by atoms with van der Waals surface area (Å²) in [5.74, 6) is -1.13. The monoisotopic (exact) mass is 267 g/mol. The summed E-state index contributed by atoms with van der Waals surface area (Å²) < 4.78 is 1.57. The zero-order valence-electron chi connectivity index (χ0n) is 11.8. The van der Waals surface area contributed by atoms with Crippen LogP contribution in [-0.4, -0.2) is 32.8 Å². The first kappa shape index (κ1) is 15.2. The Bertz CT molecular complexity index is 466. The Morgan fingerprint density at radius 1 is 1.42 bits per heavy atom. The summed E-state index contributed by atoms with van der Waals surface area (Å²) in [6.45, 7) is 7.59. The number of hydrogen-bond acceptors (Lipinski definition) is 3. The van der Waals surface area contributed by atoms with Gasteiger partial charge < -0.3 is 10.4 Å². The van der Waals surface area contributed by atoms with Crippen LogP contribution in [0.15, 0.2) is 6.07 Å². The molecule has 1 amide bonds. The summed E-state index contributed by atoms with van der Waals surface area (Å²) in [7, 11) is 0. The van der Waals surface area contributed by atoms with E-state index >= 15 is 0 Å². The van der Waals surface area contributed by atoms with Crippen LogP contribution in [0.1, 0.15) is 31.7 Å². The van der Waals surface area contributed by atoms with Crippen molar-refractivity contribution in [3.05, 3.63) is 17.5 Å². The molecule has 0 fully saturated rings. The fourth-order valence-corrected chi connectivity index (χ4v) is 1.90. The molecule has 0 aliphatic heterocycles. The Kier molecular flexibility index (Phi) is 5.09. The van der Waals surface area contributed by atoms with Gasteiger partial charge in [-0.2, -0.15) is 5.10 Å². The second-order valence-electron chi connectivity index (χ2n) is 5.17. The molecule has 1 rings (SSSR count). The highest BCUT2D eigenvalue weighted by Crippen LogP contribution is 2.06. The summed E-state index contributed by atoms with van der Waals surface area (Å²) in [5.41, 5.74) is 1.71. The van der Waals surface area contributed by atoms with Gasteiger partial charge in [0.25, 0.3) is 0 Å². The van der Waals surface area contributed by atoms with E-state index in [4.69, 9.17) is 5.11 Å². The highest BCUT2D eigenvalue weighted by atomic mass is 16.4. The third kappa shape index (κ3) is 4.73. The summed E-state index contributed by atoms with van der Waals surface area (Å²) >= 11 is 0. The normalized spacial score (nSPS) is 12.5. The van der Waals surface area contributed by atoms with Crippen LogP contribution in [0.2, 0.25) is 0 Å². The van der Waals surface area contributed by atoms with E-state index in [1.54, 1.807) is 4.68 Å². The molecular formula is C13H21N3O3. The van der Waals surface area contributed by atoms with E-state index in [0.717, 1.165) is 11.4 Å². The van der Waals surface area contributed by atoms with Gasteiger partial charge in [-0.15, -0.1) is 0 Å². The second kappa shape index (κ2) is 6.36. The molecule has 1 heterocycles. The molecule has 1 atom stereocenters. The number of nitrogens with zero attached hydrogens (tertiary/aromatic N) is 2. The van der Waals surface area contributed by atoms with Gasteiger partial charge in [0.05, 0.1) is 5.69 Å². The number of aromatic nitrogens is 2. The third-order valence-electron chi connectivity index (χ3n) is 2.74. The summed E-state index contributed by atoms with van der Waals surface area (Å²) in [5, 5.41) is 15.8. The molecule has 0 aromatic carbocycles. The maximum Gasteiger partial charge on any atom is 0.326 e. The summed E-state index contributed by atoms with van der Waals surface area (Å²) in [4.78, 5) is 22.9. The van der Waals surface area contributed by atoms with Crippen molar-refractivity contribution in [2.75, 3.05) is 0 Å². The van der Waals surface area contributed by atoms with E-state index in [1.807, 2.05) is 33.8 Å². The lowest BCUT2D eigenvalue weighted by Gasteiger charge is -2.16. The van der Waals surface area contributed by atoms with E-state index in [-0.39, 0.29) is 18.4 Å². The molecule has 0 radical (unpaired) electrons. The zero-order valence-corrected chi connectivity index (χ0v) is 11.8. The van der Waals surface area contributed by atoms with Crippen molar-refractivity contribution in [1.82, 2.24) is 15.1 Å². The summed E-state index contributed by atoms with van der Waals surface area (Å²) in [6.07, 6.45) is 0.415. The molecule has 106 valence electrons. The Labute approximate surface area is 112 Å². The van der Waals surface area contributed by atoms with Gasteiger partial charge in [0, 0.05) is 5.69 Å². The average molecular weight is 267 g/mol. The predicted octanol–water partition coefficient (Wildman–Crippen LogP) is 1.12. The van der Waals surface area contributed by atoms with Crippen LogP contribution in [0.5, 0.6) is 0 Å². The van der Waals surface area contributed by atoms with Crippen LogP contribution in [0.25, 0.3) is 0 Å². The number of carbonyl (C=O) groups excluding carboxylic acids is 1. The highest BCUT2D eigenvalue weighted by Gasteiger charge is 2.21. The minimum absolute atomic E-state index is 0.0432. The van der Waals surface area contributed by atoms with Crippen molar-refractivity contribution in [3.8, 4) is 0 Å². The molecule has 0 unspecified atom stereocenters. The maximum absolute atomic E-state index is 11.8. The van der Waals surface area contributed by atoms with E-state index in [9.17, 15) is 9.59 Å².